The maximum absolute atomic E-state index is 11.9. The summed E-state index contributed by atoms with van der Waals surface area (Å²) >= 11 is 0. The van der Waals surface area contributed by atoms with Gasteiger partial charge < -0.3 is 5.43 Å². The van der Waals surface area contributed by atoms with Crippen LogP contribution in [0.3, 0.4) is 0 Å². The minimum Gasteiger partial charge on any atom is -0.306 e. The highest BCUT2D eigenvalue weighted by Gasteiger charge is 2.39. The molecule has 0 aromatic carbocycles. The smallest absolute Gasteiger partial charge is 0.306 e. The number of alkyl halides is 3. The summed E-state index contributed by atoms with van der Waals surface area (Å²) in [4.78, 5) is 0. The predicted octanol–water partition coefficient (Wildman–Crippen LogP) is 1.68. The summed E-state index contributed by atoms with van der Waals surface area (Å²) in [5.74, 6) is 0. The van der Waals surface area contributed by atoms with Gasteiger partial charge in [-0.3, -0.25) is 0 Å². The van der Waals surface area contributed by atoms with Crippen LogP contribution in [0.5, 0.6) is 0 Å². The number of hydrogen-bond donors (Lipinski definition) is 1. The number of nitrogens with zero attached hydrogens (tertiary/aromatic N) is 1. The first-order chi connectivity index (χ1) is 5.04. The first-order valence-corrected chi connectivity index (χ1v) is 3.43. The molecule has 2 nitrogen and oxygen atoms in total. The molecule has 1 atom stereocenters. The summed E-state index contributed by atoms with van der Waals surface area (Å²) in [6, 6.07) is -0.133. The van der Waals surface area contributed by atoms with Crippen LogP contribution in [-0.2, 0) is 0 Å². The molecule has 0 saturated carbocycles. The van der Waals surface area contributed by atoms with Crippen molar-refractivity contribution < 1.29 is 13.2 Å². The van der Waals surface area contributed by atoms with Gasteiger partial charge in [0.1, 0.15) is 5.71 Å². The first-order valence-electron chi connectivity index (χ1n) is 3.43. The summed E-state index contributed by atoms with van der Waals surface area (Å²) in [7, 11) is 0. The molecular weight excluding hydrogens is 157 g/mol. The lowest BCUT2D eigenvalue weighted by Gasteiger charge is -2.05. The Kier molecular flexibility index (Phi) is 2.06. The van der Waals surface area contributed by atoms with E-state index in [0.717, 1.165) is 0 Å². The van der Waals surface area contributed by atoms with Crippen molar-refractivity contribution in [1.29, 1.82) is 0 Å². The van der Waals surface area contributed by atoms with Gasteiger partial charge in [0.25, 0.3) is 0 Å². The van der Waals surface area contributed by atoms with Crippen molar-refractivity contribution in [2.75, 3.05) is 0 Å². The Morgan fingerprint density at radius 2 is 2.27 bits per heavy atom. The lowest BCUT2D eigenvalue weighted by Crippen LogP contribution is -2.23. The molecule has 0 fully saturated rings. The molecule has 11 heavy (non-hydrogen) atoms. The van der Waals surface area contributed by atoms with Crippen LogP contribution in [0.25, 0.3) is 0 Å². The molecule has 1 rings (SSSR count). The molecule has 5 heteroatoms. The fraction of sp³-hybridized carbons (Fsp3) is 0.833. The van der Waals surface area contributed by atoms with Crippen LogP contribution in [0.2, 0.25) is 0 Å². The largest absolute Gasteiger partial charge is 0.431 e. The maximum Gasteiger partial charge on any atom is 0.431 e. The zero-order valence-electron chi connectivity index (χ0n) is 6.07. The van der Waals surface area contributed by atoms with Crippen molar-refractivity contribution in [2.45, 2.75) is 32.0 Å². The molecule has 1 N–H and O–H groups in total. The summed E-state index contributed by atoms with van der Waals surface area (Å²) in [5.41, 5.74) is 1.74. The zero-order chi connectivity index (χ0) is 8.48. The summed E-state index contributed by atoms with van der Waals surface area (Å²) in [6.07, 6.45) is -3.58. The quantitative estimate of drug-likeness (QED) is 0.629. The number of nitrogens with one attached hydrogen (secondary N) is 1. The lowest BCUT2D eigenvalue weighted by atomic mass is 10.1. The van der Waals surface area contributed by atoms with Crippen LogP contribution >= 0.6 is 0 Å². The number of hydrogen-bond acceptors (Lipinski definition) is 2. The van der Waals surface area contributed by atoms with E-state index in [1.165, 1.54) is 0 Å². The van der Waals surface area contributed by atoms with Crippen molar-refractivity contribution in [3.8, 4) is 0 Å². The van der Waals surface area contributed by atoms with Gasteiger partial charge in [0, 0.05) is 12.5 Å². The summed E-state index contributed by atoms with van der Waals surface area (Å²) < 4.78 is 35.7. The van der Waals surface area contributed by atoms with Crippen molar-refractivity contribution in [3.63, 3.8) is 0 Å². The average molecular weight is 166 g/mol. The third-order valence-electron chi connectivity index (χ3n) is 1.64. The van der Waals surface area contributed by atoms with Crippen molar-refractivity contribution in [3.05, 3.63) is 0 Å². The molecule has 0 unspecified atom stereocenters. The van der Waals surface area contributed by atoms with Gasteiger partial charge in [0.2, 0.25) is 0 Å². The number of hydrazone groups is 1. The van der Waals surface area contributed by atoms with Crippen LogP contribution in [-0.4, -0.2) is 17.9 Å². The van der Waals surface area contributed by atoms with Gasteiger partial charge in [-0.25, -0.2) is 0 Å². The van der Waals surface area contributed by atoms with Crippen LogP contribution < -0.4 is 5.43 Å². The molecule has 0 aliphatic carbocycles. The molecule has 0 amide bonds. The highest BCUT2D eigenvalue weighted by atomic mass is 19.4. The first kappa shape index (κ1) is 8.36. The van der Waals surface area contributed by atoms with Gasteiger partial charge >= 0.3 is 6.18 Å². The molecule has 0 saturated heterocycles. The van der Waals surface area contributed by atoms with Crippen molar-refractivity contribution in [1.82, 2.24) is 5.43 Å². The molecule has 1 aliphatic rings. The van der Waals surface area contributed by atoms with E-state index in [1.54, 1.807) is 0 Å². The summed E-state index contributed by atoms with van der Waals surface area (Å²) in [5, 5.41) is 3.20. The molecule has 0 aromatic rings. The minimum absolute atomic E-state index is 0.000000000000000222. The second-order valence-electron chi connectivity index (χ2n) is 2.49. The predicted molar refractivity (Wildman–Crippen MR) is 35.3 cm³/mol. The van der Waals surface area contributed by atoms with Gasteiger partial charge in [-0.1, -0.05) is 6.92 Å². The standard InChI is InChI=1S/C6H9F3N2/c1-2-4-3-5(11-10-4)6(7,8)9/h4,10H,2-3H2,1H3/t4-/m0/s1. The SMILES string of the molecule is CC[C@H]1CC(C(F)(F)F)=NN1. The van der Waals surface area contributed by atoms with Gasteiger partial charge in [-0.05, 0) is 6.42 Å². The Morgan fingerprint density at radius 3 is 2.55 bits per heavy atom. The second-order valence-corrected chi connectivity index (χ2v) is 2.49. The monoisotopic (exact) mass is 166 g/mol. The number of halogens is 3. The summed E-state index contributed by atoms with van der Waals surface area (Å²) in [6.45, 7) is 1.83. The Labute approximate surface area is 62.5 Å². The fourth-order valence-electron chi connectivity index (χ4n) is 0.909. The highest BCUT2D eigenvalue weighted by molar-refractivity contribution is 5.91. The van der Waals surface area contributed by atoms with E-state index in [1.807, 2.05) is 6.92 Å². The Balaban J connectivity index is 2.53. The molecule has 0 bridgehead atoms. The van der Waals surface area contributed by atoms with E-state index < -0.39 is 11.9 Å². The van der Waals surface area contributed by atoms with Gasteiger partial charge in [0.05, 0.1) is 0 Å². The van der Waals surface area contributed by atoms with E-state index >= 15 is 0 Å². The molecule has 1 heterocycles. The fourth-order valence-corrected chi connectivity index (χ4v) is 0.909. The maximum atomic E-state index is 11.9. The van der Waals surface area contributed by atoms with Gasteiger partial charge in [-0.2, -0.15) is 18.3 Å². The molecule has 64 valence electrons. The van der Waals surface area contributed by atoms with E-state index in [9.17, 15) is 13.2 Å². The van der Waals surface area contributed by atoms with E-state index in [0.29, 0.717) is 6.42 Å². The van der Waals surface area contributed by atoms with E-state index in [-0.39, 0.29) is 12.5 Å². The minimum atomic E-state index is -4.25. The van der Waals surface area contributed by atoms with E-state index in [4.69, 9.17) is 0 Å². The third-order valence-corrected chi connectivity index (χ3v) is 1.64. The Bertz CT molecular complexity index is 173. The third kappa shape index (κ3) is 1.85. The van der Waals surface area contributed by atoms with Crippen molar-refractivity contribution in [2.24, 2.45) is 5.10 Å². The number of rotatable bonds is 1. The van der Waals surface area contributed by atoms with Gasteiger partial charge in [0.15, 0.2) is 0 Å². The van der Waals surface area contributed by atoms with Crippen LogP contribution in [0.4, 0.5) is 13.2 Å². The Morgan fingerprint density at radius 1 is 1.64 bits per heavy atom. The van der Waals surface area contributed by atoms with Gasteiger partial charge in [-0.15, -0.1) is 0 Å². The molecule has 1 aliphatic heterocycles. The molecule has 0 radical (unpaired) electrons. The van der Waals surface area contributed by atoms with Crippen LogP contribution in [0, 0.1) is 0 Å². The molecular formula is C6H9F3N2. The molecule has 0 spiro atoms. The Hall–Kier alpha value is -0.740. The average Bonchev–Trinajstić information content (AvgIpc) is 2.32. The normalized spacial score (nSPS) is 24.7. The van der Waals surface area contributed by atoms with E-state index in [2.05, 4.69) is 10.5 Å². The second kappa shape index (κ2) is 2.71. The van der Waals surface area contributed by atoms with Crippen LogP contribution in [0.1, 0.15) is 19.8 Å². The topological polar surface area (TPSA) is 24.4 Å². The molecule has 0 aromatic heterocycles. The van der Waals surface area contributed by atoms with Crippen LogP contribution in [0.15, 0.2) is 5.10 Å². The zero-order valence-corrected chi connectivity index (χ0v) is 6.07. The van der Waals surface area contributed by atoms with Crippen molar-refractivity contribution >= 4 is 5.71 Å². The lowest BCUT2D eigenvalue weighted by molar-refractivity contribution is -0.0600. The highest BCUT2D eigenvalue weighted by Crippen LogP contribution is 2.23.